The number of benzene rings is 1. The molecule has 2 rings (SSSR count). The van der Waals surface area contributed by atoms with Crippen molar-refractivity contribution < 1.29 is 14.1 Å². The fraction of sp³-hybridized carbons (Fsp3) is 0.400. The second-order valence-corrected chi connectivity index (χ2v) is 6.06. The van der Waals surface area contributed by atoms with Crippen LogP contribution < -0.4 is 11.2 Å². The molecule has 1 aliphatic rings. The molecule has 4 nitrogen and oxygen atoms in total. The summed E-state index contributed by atoms with van der Waals surface area (Å²) in [7, 11) is -0.458. The summed E-state index contributed by atoms with van der Waals surface area (Å²) in [6, 6.07) is 7.36. The van der Waals surface area contributed by atoms with Gasteiger partial charge in [-0.05, 0) is 38.7 Å². The zero-order valence-corrected chi connectivity index (χ0v) is 12.4. The Kier molecular flexibility index (Phi) is 3.52. The van der Waals surface area contributed by atoms with Crippen molar-refractivity contribution >= 4 is 24.1 Å². The Morgan fingerprint density at radius 1 is 1.20 bits per heavy atom. The van der Waals surface area contributed by atoms with Gasteiger partial charge >= 0.3 is 7.12 Å². The van der Waals surface area contributed by atoms with Gasteiger partial charge in [-0.1, -0.05) is 30.8 Å². The normalized spacial score (nSPS) is 19.9. The van der Waals surface area contributed by atoms with Crippen LogP contribution in [0.4, 0.5) is 0 Å². The molecule has 5 heteroatoms. The van der Waals surface area contributed by atoms with Crippen molar-refractivity contribution in [2.75, 3.05) is 0 Å². The molecule has 0 aromatic heterocycles. The van der Waals surface area contributed by atoms with Gasteiger partial charge in [0.25, 0.3) is 0 Å². The molecule has 1 aromatic rings. The molecule has 1 aromatic carbocycles. The predicted molar refractivity (Wildman–Crippen MR) is 80.4 cm³/mol. The number of primary amides is 1. The molecule has 1 amide bonds. The first-order chi connectivity index (χ1) is 9.14. The lowest BCUT2D eigenvalue weighted by molar-refractivity contribution is -0.112. The molecule has 106 valence electrons. The van der Waals surface area contributed by atoms with Crippen molar-refractivity contribution in [3.05, 3.63) is 36.4 Å². The van der Waals surface area contributed by atoms with Crippen molar-refractivity contribution in [3.8, 4) is 0 Å². The smallest absolute Gasteiger partial charge is 0.399 e. The van der Waals surface area contributed by atoms with Crippen molar-refractivity contribution in [1.82, 2.24) is 0 Å². The van der Waals surface area contributed by atoms with E-state index in [4.69, 9.17) is 15.0 Å². The molecule has 0 aliphatic carbocycles. The van der Waals surface area contributed by atoms with Crippen molar-refractivity contribution in [1.29, 1.82) is 0 Å². The molecule has 0 radical (unpaired) electrons. The maximum absolute atomic E-state index is 11.2. The maximum atomic E-state index is 11.2. The van der Waals surface area contributed by atoms with E-state index in [-0.39, 0.29) is 5.57 Å². The molecule has 1 aliphatic heterocycles. The Labute approximate surface area is 120 Å². The summed E-state index contributed by atoms with van der Waals surface area (Å²) in [6.07, 6.45) is 0. The minimum Gasteiger partial charge on any atom is -0.399 e. The van der Waals surface area contributed by atoms with E-state index in [1.807, 2.05) is 45.9 Å². The minimum absolute atomic E-state index is 0.281. The molecule has 1 saturated heterocycles. The lowest BCUT2D eigenvalue weighted by Gasteiger charge is -2.32. The van der Waals surface area contributed by atoms with Gasteiger partial charge in [0.2, 0.25) is 5.91 Å². The monoisotopic (exact) mass is 273 g/mol. The summed E-state index contributed by atoms with van der Waals surface area (Å²) < 4.78 is 12.0. The van der Waals surface area contributed by atoms with Crippen LogP contribution in [0.1, 0.15) is 33.3 Å². The third kappa shape index (κ3) is 2.51. The maximum Gasteiger partial charge on any atom is 0.494 e. The van der Waals surface area contributed by atoms with Gasteiger partial charge < -0.3 is 15.0 Å². The van der Waals surface area contributed by atoms with Gasteiger partial charge in [-0.3, -0.25) is 4.79 Å². The number of carbonyl (C=O) groups is 1. The lowest BCUT2D eigenvalue weighted by atomic mass is 9.78. The topological polar surface area (TPSA) is 61.6 Å². The third-order valence-corrected chi connectivity index (χ3v) is 4.06. The highest BCUT2D eigenvalue weighted by molar-refractivity contribution is 6.62. The molecule has 20 heavy (non-hydrogen) atoms. The second kappa shape index (κ2) is 4.75. The van der Waals surface area contributed by atoms with E-state index in [2.05, 4.69) is 6.58 Å². The SMILES string of the molecule is C=C(C(N)=O)c1cccc(B2OC(C)(C)C(C)(C)O2)c1. The molecule has 0 bridgehead atoms. The van der Waals surface area contributed by atoms with Crippen LogP contribution in [0.15, 0.2) is 30.8 Å². The first-order valence-electron chi connectivity index (χ1n) is 6.59. The average Bonchev–Trinajstić information content (AvgIpc) is 2.57. The summed E-state index contributed by atoms with van der Waals surface area (Å²) in [4.78, 5) is 11.2. The first-order valence-corrected chi connectivity index (χ1v) is 6.59. The minimum atomic E-state index is -0.531. The number of nitrogens with two attached hydrogens (primary N) is 1. The van der Waals surface area contributed by atoms with Gasteiger partial charge in [0.05, 0.1) is 11.2 Å². The van der Waals surface area contributed by atoms with Gasteiger partial charge in [-0.15, -0.1) is 0 Å². The van der Waals surface area contributed by atoms with E-state index >= 15 is 0 Å². The van der Waals surface area contributed by atoms with Crippen molar-refractivity contribution in [2.45, 2.75) is 38.9 Å². The van der Waals surface area contributed by atoms with Gasteiger partial charge in [0, 0.05) is 5.57 Å². The van der Waals surface area contributed by atoms with Gasteiger partial charge in [-0.25, -0.2) is 0 Å². The number of hydrogen-bond acceptors (Lipinski definition) is 3. The van der Waals surface area contributed by atoms with E-state index in [0.29, 0.717) is 5.56 Å². The average molecular weight is 273 g/mol. The summed E-state index contributed by atoms with van der Waals surface area (Å²) in [6.45, 7) is 11.7. The van der Waals surface area contributed by atoms with Gasteiger partial charge in [-0.2, -0.15) is 0 Å². The highest BCUT2D eigenvalue weighted by atomic mass is 16.7. The number of hydrogen-bond donors (Lipinski definition) is 1. The van der Waals surface area contributed by atoms with Crippen molar-refractivity contribution in [2.24, 2.45) is 5.73 Å². The largest absolute Gasteiger partial charge is 0.494 e. The Hall–Kier alpha value is -1.59. The molecule has 0 atom stereocenters. The van der Waals surface area contributed by atoms with Crippen LogP contribution in [-0.2, 0) is 14.1 Å². The summed E-state index contributed by atoms with van der Waals surface area (Å²) in [5.74, 6) is -0.531. The van der Waals surface area contributed by atoms with E-state index in [1.54, 1.807) is 6.07 Å². The van der Waals surface area contributed by atoms with Gasteiger partial charge in [0.1, 0.15) is 0 Å². The fourth-order valence-electron chi connectivity index (χ4n) is 1.99. The quantitative estimate of drug-likeness (QED) is 0.670. The Balaban J connectivity index is 2.30. The van der Waals surface area contributed by atoms with Crippen LogP contribution in [0, 0.1) is 0 Å². The van der Waals surface area contributed by atoms with Crippen LogP contribution in [0.5, 0.6) is 0 Å². The summed E-state index contributed by atoms with van der Waals surface area (Å²) in [5.41, 5.74) is 6.28. The summed E-state index contributed by atoms with van der Waals surface area (Å²) in [5, 5.41) is 0. The van der Waals surface area contributed by atoms with E-state index in [9.17, 15) is 4.79 Å². The van der Waals surface area contributed by atoms with E-state index in [0.717, 1.165) is 5.46 Å². The molecule has 1 heterocycles. The van der Waals surface area contributed by atoms with Gasteiger partial charge in [0.15, 0.2) is 0 Å². The molecule has 0 saturated carbocycles. The zero-order valence-electron chi connectivity index (χ0n) is 12.4. The number of rotatable bonds is 3. The zero-order chi connectivity index (χ0) is 15.1. The van der Waals surface area contributed by atoms with E-state index < -0.39 is 24.2 Å². The molecule has 0 spiro atoms. The highest BCUT2D eigenvalue weighted by Gasteiger charge is 2.51. The molecule has 0 unspecified atom stereocenters. The van der Waals surface area contributed by atoms with Crippen LogP contribution in [-0.4, -0.2) is 24.2 Å². The van der Waals surface area contributed by atoms with Crippen molar-refractivity contribution in [3.63, 3.8) is 0 Å². The molecular formula is C15H20BNO3. The predicted octanol–water partition coefficient (Wildman–Crippen LogP) is 1.48. The van der Waals surface area contributed by atoms with Crippen LogP contribution in [0.2, 0.25) is 0 Å². The second-order valence-electron chi connectivity index (χ2n) is 6.06. The summed E-state index contributed by atoms with van der Waals surface area (Å²) >= 11 is 0. The number of amides is 1. The third-order valence-electron chi connectivity index (χ3n) is 4.06. The number of carbonyl (C=O) groups excluding carboxylic acids is 1. The standard InChI is InChI=1S/C15H20BNO3/c1-10(13(17)18)11-7-6-8-12(9-11)16-19-14(2,3)15(4,5)20-16/h6-9H,1H2,2-5H3,(H2,17,18). The van der Waals surface area contributed by atoms with Crippen LogP contribution >= 0.6 is 0 Å². The molecular weight excluding hydrogens is 253 g/mol. The fourth-order valence-corrected chi connectivity index (χ4v) is 1.99. The molecule has 2 N–H and O–H groups in total. The van der Waals surface area contributed by atoms with Crippen LogP contribution in [0.25, 0.3) is 5.57 Å². The highest BCUT2D eigenvalue weighted by Crippen LogP contribution is 2.36. The Morgan fingerprint density at radius 3 is 2.25 bits per heavy atom. The van der Waals surface area contributed by atoms with Crippen LogP contribution in [0.3, 0.4) is 0 Å². The van der Waals surface area contributed by atoms with E-state index in [1.165, 1.54) is 0 Å². The Bertz CT molecular complexity index is 550. The Morgan fingerprint density at radius 2 is 1.75 bits per heavy atom. The lowest BCUT2D eigenvalue weighted by Crippen LogP contribution is -2.41. The molecule has 1 fully saturated rings. The first kappa shape index (κ1) is 14.8.